The lowest BCUT2D eigenvalue weighted by molar-refractivity contribution is -0.167. The molecule has 0 saturated carbocycles. The lowest BCUT2D eigenvalue weighted by Crippen LogP contribution is -2.69. The van der Waals surface area contributed by atoms with E-state index in [0.717, 1.165) is 17.6 Å². The van der Waals surface area contributed by atoms with E-state index in [-0.39, 0.29) is 12.3 Å². The summed E-state index contributed by atoms with van der Waals surface area (Å²) < 4.78 is 4.68. The Labute approximate surface area is 156 Å². The SMILES string of the molecule is COC(=O)[C@@H]1[C@@H](CC(=N)NC(=N)N)C(=O)N1C(=O)NCCc1ccccc1. The minimum absolute atomic E-state index is 0.161. The molecule has 144 valence electrons. The second-order valence-electron chi connectivity index (χ2n) is 5.97. The molecule has 1 heterocycles. The number of guanidine groups is 1. The van der Waals surface area contributed by atoms with Crippen molar-refractivity contribution in [3.63, 3.8) is 0 Å². The molecule has 10 nitrogen and oxygen atoms in total. The largest absolute Gasteiger partial charge is 0.467 e. The summed E-state index contributed by atoms with van der Waals surface area (Å²) in [5, 5.41) is 19.7. The first kappa shape index (κ1) is 19.9. The van der Waals surface area contributed by atoms with Crippen LogP contribution >= 0.6 is 0 Å². The molecule has 6 N–H and O–H groups in total. The van der Waals surface area contributed by atoms with Crippen molar-refractivity contribution in [1.82, 2.24) is 15.5 Å². The standard InChI is InChI=1S/C17H22N6O4/c1-27-15(25)13-11(9-12(18)22-16(19)20)14(24)23(13)17(26)21-8-7-10-5-3-2-4-6-10/h2-6,11,13H,7-9H2,1H3,(H,21,26)(H5,18,19,20,22)/t11-,13+/m1/s1. The Balaban J connectivity index is 1.96. The van der Waals surface area contributed by atoms with Gasteiger partial charge in [-0.15, -0.1) is 0 Å². The van der Waals surface area contributed by atoms with E-state index in [0.29, 0.717) is 13.0 Å². The van der Waals surface area contributed by atoms with Crippen molar-refractivity contribution in [3.8, 4) is 0 Å². The number of nitrogens with one attached hydrogen (secondary N) is 4. The van der Waals surface area contributed by atoms with Gasteiger partial charge in [0.05, 0.1) is 13.0 Å². The van der Waals surface area contributed by atoms with Crippen LogP contribution in [0.5, 0.6) is 0 Å². The minimum atomic E-state index is -1.12. The fraction of sp³-hybridized carbons (Fsp3) is 0.353. The molecule has 3 amide bonds. The molecule has 2 atom stereocenters. The number of nitrogens with two attached hydrogens (primary N) is 1. The molecular weight excluding hydrogens is 352 g/mol. The van der Waals surface area contributed by atoms with Crippen molar-refractivity contribution in [3.05, 3.63) is 35.9 Å². The summed E-state index contributed by atoms with van der Waals surface area (Å²) in [5.41, 5.74) is 6.17. The van der Waals surface area contributed by atoms with E-state index in [2.05, 4.69) is 15.4 Å². The third-order valence-electron chi connectivity index (χ3n) is 4.12. The van der Waals surface area contributed by atoms with Gasteiger partial charge in [0.15, 0.2) is 12.0 Å². The van der Waals surface area contributed by atoms with Crippen LogP contribution in [0.15, 0.2) is 30.3 Å². The first-order valence-corrected chi connectivity index (χ1v) is 8.26. The molecule has 10 heteroatoms. The number of amides is 3. The summed E-state index contributed by atoms with van der Waals surface area (Å²) in [6, 6.07) is 7.70. The van der Waals surface area contributed by atoms with Crippen LogP contribution in [0.3, 0.4) is 0 Å². The number of nitrogens with zero attached hydrogens (tertiary/aromatic N) is 1. The minimum Gasteiger partial charge on any atom is -0.467 e. The smallest absolute Gasteiger partial charge is 0.330 e. The zero-order valence-electron chi connectivity index (χ0n) is 14.8. The third-order valence-corrected chi connectivity index (χ3v) is 4.12. The number of urea groups is 1. The van der Waals surface area contributed by atoms with E-state index in [4.69, 9.17) is 16.6 Å². The molecule has 0 aliphatic carbocycles. The Morgan fingerprint density at radius 2 is 1.93 bits per heavy atom. The van der Waals surface area contributed by atoms with Crippen LogP contribution in [0, 0.1) is 16.7 Å². The summed E-state index contributed by atoms with van der Waals surface area (Å²) in [5.74, 6) is -2.89. The number of benzene rings is 1. The van der Waals surface area contributed by atoms with Crippen molar-refractivity contribution < 1.29 is 19.1 Å². The van der Waals surface area contributed by atoms with Gasteiger partial charge in [-0.3, -0.25) is 15.6 Å². The fourth-order valence-corrected chi connectivity index (χ4v) is 2.84. The molecule has 27 heavy (non-hydrogen) atoms. The molecular formula is C17H22N6O4. The van der Waals surface area contributed by atoms with E-state index in [1.165, 1.54) is 0 Å². The van der Waals surface area contributed by atoms with Crippen LogP contribution in [0.4, 0.5) is 4.79 Å². The zero-order chi connectivity index (χ0) is 20.0. The third kappa shape index (κ3) is 4.81. The van der Waals surface area contributed by atoms with Gasteiger partial charge in [0.1, 0.15) is 5.84 Å². The molecule has 0 spiro atoms. The maximum atomic E-state index is 12.3. The summed E-state index contributed by atoms with van der Waals surface area (Å²) in [4.78, 5) is 37.5. The van der Waals surface area contributed by atoms with Gasteiger partial charge in [0.2, 0.25) is 5.91 Å². The van der Waals surface area contributed by atoms with E-state index < -0.39 is 35.8 Å². The number of methoxy groups -OCH3 is 1. The van der Waals surface area contributed by atoms with Crippen molar-refractivity contribution in [2.75, 3.05) is 13.7 Å². The highest BCUT2D eigenvalue weighted by Gasteiger charge is 2.55. The van der Waals surface area contributed by atoms with Crippen LogP contribution in [-0.2, 0) is 20.7 Å². The van der Waals surface area contributed by atoms with Gasteiger partial charge >= 0.3 is 12.0 Å². The average Bonchev–Trinajstić information content (AvgIpc) is 2.63. The molecule has 1 aliphatic heterocycles. The Bertz CT molecular complexity index is 751. The van der Waals surface area contributed by atoms with Crippen LogP contribution < -0.4 is 16.4 Å². The van der Waals surface area contributed by atoms with Gasteiger partial charge in [-0.1, -0.05) is 30.3 Å². The van der Waals surface area contributed by atoms with E-state index in [9.17, 15) is 14.4 Å². The van der Waals surface area contributed by atoms with Crippen LogP contribution in [0.1, 0.15) is 12.0 Å². The van der Waals surface area contributed by atoms with E-state index in [1.807, 2.05) is 30.3 Å². The molecule has 0 bridgehead atoms. The predicted octanol–water partition coefficient (Wildman–Crippen LogP) is -0.211. The molecule has 1 aliphatic rings. The Morgan fingerprint density at radius 3 is 2.52 bits per heavy atom. The van der Waals surface area contributed by atoms with E-state index in [1.54, 1.807) is 0 Å². The van der Waals surface area contributed by atoms with Crippen molar-refractivity contribution in [2.45, 2.75) is 18.9 Å². The van der Waals surface area contributed by atoms with Gasteiger partial charge in [0.25, 0.3) is 0 Å². The zero-order valence-corrected chi connectivity index (χ0v) is 14.8. The van der Waals surface area contributed by atoms with Gasteiger partial charge in [0, 0.05) is 13.0 Å². The number of esters is 1. The van der Waals surface area contributed by atoms with Crippen molar-refractivity contribution in [2.24, 2.45) is 11.7 Å². The summed E-state index contributed by atoms with van der Waals surface area (Å²) in [7, 11) is 1.16. The first-order valence-electron chi connectivity index (χ1n) is 8.26. The normalized spacial score (nSPS) is 18.3. The summed E-state index contributed by atoms with van der Waals surface area (Å²) in [6.07, 6.45) is 0.417. The second kappa shape index (κ2) is 8.79. The molecule has 0 unspecified atom stereocenters. The highest BCUT2D eigenvalue weighted by atomic mass is 16.5. The Kier molecular flexibility index (Phi) is 6.47. The monoisotopic (exact) mass is 374 g/mol. The predicted molar refractivity (Wildman–Crippen MR) is 97.1 cm³/mol. The number of hydrogen-bond acceptors (Lipinski definition) is 6. The fourth-order valence-electron chi connectivity index (χ4n) is 2.84. The van der Waals surface area contributed by atoms with Crippen molar-refractivity contribution >= 4 is 29.7 Å². The number of rotatable bonds is 6. The van der Waals surface area contributed by atoms with Crippen LogP contribution in [0.2, 0.25) is 0 Å². The number of imide groups is 1. The quantitative estimate of drug-likeness (QED) is 0.200. The Morgan fingerprint density at radius 1 is 1.26 bits per heavy atom. The van der Waals surface area contributed by atoms with Gasteiger partial charge in [-0.05, 0) is 12.0 Å². The van der Waals surface area contributed by atoms with E-state index >= 15 is 0 Å². The lowest BCUT2D eigenvalue weighted by Gasteiger charge is -2.43. The number of ether oxygens (including phenoxy) is 1. The van der Waals surface area contributed by atoms with Crippen molar-refractivity contribution in [1.29, 1.82) is 10.8 Å². The van der Waals surface area contributed by atoms with Crippen LogP contribution in [-0.4, -0.2) is 54.3 Å². The summed E-state index contributed by atoms with van der Waals surface area (Å²) in [6.45, 7) is 0.299. The maximum absolute atomic E-state index is 12.3. The van der Waals surface area contributed by atoms with Gasteiger partial charge < -0.3 is 21.1 Å². The number of carbonyl (C=O) groups is 3. The number of amidine groups is 1. The molecule has 1 saturated heterocycles. The molecule has 0 radical (unpaired) electrons. The number of carbonyl (C=O) groups excluding carboxylic acids is 3. The number of likely N-dealkylation sites (tertiary alicyclic amines) is 1. The summed E-state index contributed by atoms with van der Waals surface area (Å²) >= 11 is 0. The first-order chi connectivity index (χ1) is 12.8. The van der Waals surface area contributed by atoms with Crippen LogP contribution in [0.25, 0.3) is 0 Å². The average molecular weight is 374 g/mol. The molecule has 1 aromatic rings. The highest BCUT2D eigenvalue weighted by molar-refractivity contribution is 6.10. The maximum Gasteiger partial charge on any atom is 0.330 e. The highest BCUT2D eigenvalue weighted by Crippen LogP contribution is 2.30. The molecule has 1 aromatic carbocycles. The van der Waals surface area contributed by atoms with Gasteiger partial charge in [-0.25, -0.2) is 14.5 Å². The Hall–Kier alpha value is -3.43. The van der Waals surface area contributed by atoms with Gasteiger partial charge in [-0.2, -0.15) is 0 Å². The second-order valence-corrected chi connectivity index (χ2v) is 5.97. The molecule has 1 fully saturated rings. The molecule has 0 aromatic heterocycles. The topological polar surface area (TPSA) is 161 Å². The number of hydrogen-bond donors (Lipinski definition) is 5. The molecule has 2 rings (SSSR count). The lowest BCUT2D eigenvalue weighted by atomic mass is 9.84. The number of β-lactam (4-membered cyclic amide) rings is 1.